The number of ether oxygens (including phenoxy) is 1. The SMILES string of the molecule is O=C1COC2(CCCN(Cc3ccnc(N4CCCCC4)n3)CC2)CN1CCc1ccccc1. The van der Waals surface area contributed by atoms with Gasteiger partial charge in [0.15, 0.2) is 0 Å². The molecule has 7 nitrogen and oxygen atoms in total. The van der Waals surface area contributed by atoms with Crippen LogP contribution >= 0.6 is 0 Å². The number of piperidine rings is 1. The van der Waals surface area contributed by atoms with Crippen molar-refractivity contribution in [3.8, 4) is 0 Å². The fraction of sp³-hybridized carbons (Fsp3) is 0.593. The predicted octanol–water partition coefficient (Wildman–Crippen LogP) is 3.29. The largest absolute Gasteiger partial charge is 0.363 e. The summed E-state index contributed by atoms with van der Waals surface area (Å²) in [5.41, 5.74) is 2.15. The first-order chi connectivity index (χ1) is 16.7. The van der Waals surface area contributed by atoms with E-state index in [0.29, 0.717) is 6.54 Å². The van der Waals surface area contributed by atoms with E-state index in [1.807, 2.05) is 17.2 Å². The van der Waals surface area contributed by atoms with E-state index in [4.69, 9.17) is 9.72 Å². The Morgan fingerprint density at radius 1 is 0.941 bits per heavy atom. The molecule has 1 aromatic carbocycles. The first-order valence-corrected chi connectivity index (χ1v) is 12.9. The zero-order chi connectivity index (χ0) is 23.2. The second-order valence-corrected chi connectivity index (χ2v) is 10.0. The molecule has 3 aliphatic heterocycles. The molecular formula is C27H37N5O2. The Balaban J connectivity index is 1.17. The molecule has 0 bridgehead atoms. The topological polar surface area (TPSA) is 61.8 Å². The molecule has 0 saturated carbocycles. The lowest BCUT2D eigenvalue weighted by Crippen LogP contribution is -2.55. The number of morpholine rings is 1. The summed E-state index contributed by atoms with van der Waals surface area (Å²) in [5.74, 6) is 1.00. The number of likely N-dealkylation sites (tertiary alicyclic amines) is 1. The third-order valence-corrected chi connectivity index (χ3v) is 7.56. The molecule has 1 spiro atoms. The van der Waals surface area contributed by atoms with Gasteiger partial charge in [-0.1, -0.05) is 30.3 Å². The van der Waals surface area contributed by atoms with Crippen molar-refractivity contribution in [3.63, 3.8) is 0 Å². The molecule has 34 heavy (non-hydrogen) atoms. The summed E-state index contributed by atoms with van der Waals surface area (Å²) >= 11 is 0. The molecule has 0 radical (unpaired) electrons. The second-order valence-electron chi connectivity index (χ2n) is 10.0. The van der Waals surface area contributed by atoms with Crippen molar-refractivity contribution in [2.45, 2.75) is 57.1 Å². The third-order valence-electron chi connectivity index (χ3n) is 7.56. The van der Waals surface area contributed by atoms with Crippen LogP contribution < -0.4 is 4.90 Å². The van der Waals surface area contributed by atoms with Crippen LogP contribution in [0.2, 0.25) is 0 Å². The number of carbonyl (C=O) groups is 1. The minimum absolute atomic E-state index is 0.119. The molecule has 2 aromatic rings. The van der Waals surface area contributed by atoms with Crippen molar-refractivity contribution in [3.05, 3.63) is 53.9 Å². The van der Waals surface area contributed by atoms with E-state index in [1.54, 1.807) is 0 Å². The number of nitrogens with zero attached hydrogens (tertiary/aromatic N) is 5. The van der Waals surface area contributed by atoms with Gasteiger partial charge in [0.2, 0.25) is 11.9 Å². The van der Waals surface area contributed by atoms with Gasteiger partial charge in [0.25, 0.3) is 0 Å². The van der Waals surface area contributed by atoms with Crippen LogP contribution in [0.4, 0.5) is 5.95 Å². The fourth-order valence-corrected chi connectivity index (χ4v) is 5.53. The van der Waals surface area contributed by atoms with E-state index in [0.717, 1.165) is 76.6 Å². The monoisotopic (exact) mass is 463 g/mol. The van der Waals surface area contributed by atoms with Crippen molar-refractivity contribution in [2.75, 3.05) is 50.8 Å². The molecule has 182 valence electrons. The number of amides is 1. The van der Waals surface area contributed by atoms with E-state index < -0.39 is 0 Å². The molecular weight excluding hydrogens is 426 g/mol. The smallest absolute Gasteiger partial charge is 0.248 e. The molecule has 3 fully saturated rings. The van der Waals surface area contributed by atoms with Crippen LogP contribution in [0.3, 0.4) is 0 Å². The summed E-state index contributed by atoms with van der Waals surface area (Å²) in [6, 6.07) is 12.5. The minimum atomic E-state index is -0.218. The number of hydrogen-bond donors (Lipinski definition) is 0. The molecule has 1 amide bonds. The summed E-state index contributed by atoms with van der Waals surface area (Å²) in [6.07, 6.45) is 9.59. The Bertz CT molecular complexity index is 949. The van der Waals surface area contributed by atoms with Gasteiger partial charge < -0.3 is 14.5 Å². The van der Waals surface area contributed by atoms with E-state index in [9.17, 15) is 4.79 Å². The lowest BCUT2D eigenvalue weighted by Gasteiger charge is -2.42. The first kappa shape index (κ1) is 23.2. The molecule has 7 heteroatoms. The highest BCUT2D eigenvalue weighted by molar-refractivity contribution is 5.78. The van der Waals surface area contributed by atoms with Gasteiger partial charge in [0.1, 0.15) is 6.61 Å². The fourth-order valence-electron chi connectivity index (χ4n) is 5.53. The number of hydrogen-bond acceptors (Lipinski definition) is 6. The molecule has 3 saturated heterocycles. The van der Waals surface area contributed by atoms with Crippen LogP contribution in [-0.2, 0) is 22.5 Å². The van der Waals surface area contributed by atoms with E-state index in [-0.39, 0.29) is 18.1 Å². The van der Waals surface area contributed by atoms with E-state index in [1.165, 1.54) is 24.8 Å². The van der Waals surface area contributed by atoms with Crippen LogP contribution in [0.25, 0.3) is 0 Å². The molecule has 0 N–H and O–H groups in total. The van der Waals surface area contributed by atoms with Gasteiger partial charge in [-0.05, 0) is 63.1 Å². The highest BCUT2D eigenvalue weighted by Crippen LogP contribution is 2.31. The van der Waals surface area contributed by atoms with Crippen molar-refractivity contribution < 1.29 is 9.53 Å². The van der Waals surface area contributed by atoms with Crippen LogP contribution in [0.1, 0.15) is 49.8 Å². The van der Waals surface area contributed by atoms with Gasteiger partial charge in [-0.15, -0.1) is 0 Å². The zero-order valence-corrected chi connectivity index (χ0v) is 20.2. The van der Waals surface area contributed by atoms with Crippen LogP contribution in [-0.4, -0.2) is 77.2 Å². The zero-order valence-electron chi connectivity index (χ0n) is 20.2. The predicted molar refractivity (Wildman–Crippen MR) is 133 cm³/mol. The van der Waals surface area contributed by atoms with Crippen molar-refractivity contribution in [1.82, 2.24) is 19.8 Å². The Morgan fingerprint density at radius 3 is 2.65 bits per heavy atom. The van der Waals surface area contributed by atoms with E-state index >= 15 is 0 Å². The normalized spacial score (nSPS) is 24.4. The number of rotatable bonds is 6. The second kappa shape index (κ2) is 10.8. The van der Waals surface area contributed by atoms with Crippen LogP contribution in [0.5, 0.6) is 0 Å². The average molecular weight is 464 g/mol. The van der Waals surface area contributed by atoms with Crippen molar-refractivity contribution in [2.24, 2.45) is 0 Å². The summed E-state index contributed by atoms with van der Waals surface area (Å²) in [4.78, 5) is 28.8. The number of carbonyl (C=O) groups excluding carboxylic acids is 1. The highest BCUT2D eigenvalue weighted by atomic mass is 16.5. The molecule has 4 heterocycles. The number of benzene rings is 1. The molecule has 1 atom stereocenters. The maximum Gasteiger partial charge on any atom is 0.248 e. The number of anilines is 1. The summed E-state index contributed by atoms with van der Waals surface area (Å²) in [7, 11) is 0. The summed E-state index contributed by atoms with van der Waals surface area (Å²) < 4.78 is 6.23. The average Bonchev–Trinajstić information content (AvgIpc) is 3.08. The van der Waals surface area contributed by atoms with Gasteiger partial charge in [0, 0.05) is 45.5 Å². The van der Waals surface area contributed by atoms with E-state index in [2.05, 4.69) is 45.1 Å². The van der Waals surface area contributed by atoms with Gasteiger partial charge in [-0.25, -0.2) is 9.97 Å². The maximum atomic E-state index is 12.6. The summed E-state index contributed by atoms with van der Waals surface area (Å²) in [6.45, 7) is 6.64. The van der Waals surface area contributed by atoms with Crippen LogP contribution in [0.15, 0.2) is 42.6 Å². The lowest BCUT2D eigenvalue weighted by atomic mass is 9.92. The Kier molecular flexibility index (Phi) is 7.40. The van der Waals surface area contributed by atoms with Crippen molar-refractivity contribution >= 4 is 11.9 Å². The molecule has 1 aromatic heterocycles. The first-order valence-electron chi connectivity index (χ1n) is 12.9. The third kappa shape index (κ3) is 5.76. The lowest BCUT2D eigenvalue weighted by molar-refractivity contribution is -0.165. The standard InChI is InChI=1S/C27H37N5O2/c33-25-21-34-27(22-32(25)18-11-23-8-3-1-4-9-23)12-7-15-30(19-13-27)20-24-10-14-28-26(29-24)31-16-5-2-6-17-31/h1,3-4,8-10,14H,2,5-7,11-13,15-22H2. The van der Waals surface area contributed by atoms with Crippen molar-refractivity contribution in [1.29, 1.82) is 0 Å². The summed E-state index contributed by atoms with van der Waals surface area (Å²) in [5, 5.41) is 0. The van der Waals surface area contributed by atoms with Gasteiger partial charge in [-0.2, -0.15) is 0 Å². The maximum absolute atomic E-state index is 12.6. The minimum Gasteiger partial charge on any atom is -0.363 e. The Hall–Kier alpha value is -2.51. The molecule has 3 aliphatic rings. The molecule has 5 rings (SSSR count). The quantitative estimate of drug-likeness (QED) is 0.655. The number of aromatic nitrogens is 2. The molecule has 0 aliphatic carbocycles. The van der Waals surface area contributed by atoms with Gasteiger partial charge in [-0.3, -0.25) is 9.69 Å². The molecule has 1 unspecified atom stereocenters. The Morgan fingerprint density at radius 2 is 1.79 bits per heavy atom. The Labute approximate surface area is 203 Å². The van der Waals surface area contributed by atoms with Gasteiger partial charge >= 0.3 is 0 Å². The van der Waals surface area contributed by atoms with Gasteiger partial charge in [0.05, 0.1) is 11.3 Å². The highest BCUT2D eigenvalue weighted by Gasteiger charge is 2.40. The van der Waals surface area contributed by atoms with Crippen LogP contribution in [0, 0.1) is 0 Å².